The van der Waals surface area contributed by atoms with Crippen LogP contribution in [0.25, 0.3) is 5.69 Å². The molecule has 1 aliphatic heterocycles. The first kappa shape index (κ1) is 19.7. The fraction of sp³-hybridized carbons (Fsp3) is 0.438. The fourth-order valence-electron chi connectivity index (χ4n) is 2.71. The number of aromatic nitrogens is 2. The highest BCUT2D eigenvalue weighted by Gasteiger charge is 2.33. The number of β-amino-alcohol motifs (C(OH)–C–C–N with tert-alkyl or cyclic N) is 1. The average Bonchev–Trinajstić information content (AvgIpc) is 3.17. The molecule has 25 heavy (non-hydrogen) atoms. The Morgan fingerprint density at radius 3 is 2.48 bits per heavy atom. The first-order chi connectivity index (χ1) is 11.4. The summed E-state index contributed by atoms with van der Waals surface area (Å²) in [5, 5.41) is 19.7. The van der Waals surface area contributed by atoms with Crippen LogP contribution in [0.4, 0.5) is 13.2 Å². The number of benzene rings is 1. The minimum absolute atomic E-state index is 0. The predicted octanol–water partition coefficient (Wildman–Crippen LogP) is 1.98. The largest absolute Gasteiger partial charge is 0.435 e. The number of aliphatic hydroxyl groups excluding tert-OH is 1. The van der Waals surface area contributed by atoms with Gasteiger partial charge in [0.25, 0.3) is 0 Å². The van der Waals surface area contributed by atoms with E-state index in [-0.39, 0.29) is 24.4 Å². The molecule has 2 aromatic rings. The van der Waals surface area contributed by atoms with Crippen molar-refractivity contribution in [1.82, 2.24) is 20.4 Å². The van der Waals surface area contributed by atoms with E-state index in [1.165, 1.54) is 10.9 Å². The molecule has 2 atom stereocenters. The number of hydrogen-bond donors (Lipinski definition) is 3. The third kappa shape index (κ3) is 4.94. The van der Waals surface area contributed by atoms with E-state index in [9.17, 15) is 18.3 Å². The fourth-order valence-corrected chi connectivity index (χ4v) is 2.71. The zero-order valence-electron chi connectivity index (χ0n) is 13.3. The van der Waals surface area contributed by atoms with Crippen LogP contribution in [0.1, 0.15) is 11.3 Å². The quantitative estimate of drug-likeness (QED) is 0.747. The van der Waals surface area contributed by atoms with E-state index in [2.05, 4.69) is 15.7 Å². The first-order valence-corrected chi connectivity index (χ1v) is 7.75. The molecule has 0 bridgehead atoms. The van der Waals surface area contributed by atoms with Crippen molar-refractivity contribution >= 4 is 12.4 Å². The number of hydrogen-bond acceptors (Lipinski definition) is 4. The summed E-state index contributed by atoms with van der Waals surface area (Å²) in [6.45, 7) is 2.78. The summed E-state index contributed by atoms with van der Waals surface area (Å²) < 4.78 is 38.9. The molecule has 1 saturated heterocycles. The molecule has 3 N–H and O–H groups in total. The Labute approximate surface area is 149 Å². The van der Waals surface area contributed by atoms with Gasteiger partial charge in [-0.1, -0.05) is 12.1 Å². The van der Waals surface area contributed by atoms with Crippen LogP contribution >= 0.6 is 12.4 Å². The Morgan fingerprint density at radius 2 is 1.92 bits per heavy atom. The lowest BCUT2D eigenvalue weighted by molar-refractivity contribution is -0.141. The second kappa shape index (κ2) is 8.18. The van der Waals surface area contributed by atoms with Crippen molar-refractivity contribution in [2.24, 2.45) is 5.92 Å². The lowest BCUT2D eigenvalue weighted by atomic mass is 10.1. The SMILES string of the molecule is Cl.OC1CNCC1CNCc1ccc(-n2ccc(C(F)(F)F)n2)cc1. The Kier molecular flexibility index (Phi) is 6.45. The van der Waals surface area contributed by atoms with Crippen molar-refractivity contribution in [3.8, 4) is 5.69 Å². The van der Waals surface area contributed by atoms with Gasteiger partial charge < -0.3 is 15.7 Å². The molecule has 3 rings (SSSR count). The topological polar surface area (TPSA) is 62.1 Å². The number of nitrogens with zero attached hydrogens (tertiary/aromatic N) is 2. The summed E-state index contributed by atoms with van der Waals surface area (Å²) in [5.74, 6) is 0.203. The van der Waals surface area contributed by atoms with Gasteiger partial charge in [-0.15, -0.1) is 12.4 Å². The lowest BCUT2D eigenvalue weighted by Crippen LogP contribution is -2.30. The highest BCUT2D eigenvalue weighted by Crippen LogP contribution is 2.27. The van der Waals surface area contributed by atoms with Crippen molar-refractivity contribution in [1.29, 1.82) is 0 Å². The van der Waals surface area contributed by atoms with Gasteiger partial charge >= 0.3 is 6.18 Å². The van der Waals surface area contributed by atoms with Gasteiger partial charge in [0.2, 0.25) is 0 Å². The van der Waals surface area contributed by atoms with Crippen LogP contribution in [-0.4, -0.2) is 40.6 Å². The van der Waals surface area contributed by atoms with Crippen LogP contribution in [0.3, 0.4) is 0 Å². The maximum Gasteiger partial charge on any atom is 0.435 e. The summed E-state index contributed by atoms with van der Waals surface area (Å²) >= 11 is 0. The van der Waals surface area contributed by atoms with E-state index in [0.717, 1.165) is 18.2 Å². The molecular formula is C16H20ClF3N4O. The van der Waals surface area contributed by atoms with Gasteiger partial charge in [0.05, 0.1) is 11.8 Å². The molecule has 0 radical (unpaired) electrons. The molecule has 138 valence electrons. The molecule has 0 spiro atoms. The summed E-state index contributed by atoms with van der Waals surface area (Å²) in [6.07, 6.45) is -3.46. The van der Waals surface area contributed by atoms with Crippen molar-refractivity contribution in [3.05, 3.63) is 47.8 Å². The van der Waals surface area contributed by atoms with E-state index in [1.807, 2.05) is 12.1 Å². The van der Waals surface area contributed by atoms with Gasteiger partial charge in [0.15, 0.2) is 5.69 Å². The van der Waals surface area contributed by atoms with Crippen LogP contribution in [0, 0.1) is 5.92 Å². The van der Waals surface area contributed by atoms with Gasteiger partial charge in [-0.3, -0.25) is 0 Å². The second-order valence-electron chi connectivity index (χ2n) is 5.93. The molecule has 2 heterocycles. The number of halogens is 4. The number of nitrogens with one attached hydrogen (secondary N) is 2. The molecule has 1 aliphatic rings. The molecule has 0 saturated carbocycles. The number of alkyl halides is 3. The van der Waals surface area contributed by atoms with E-state index in [1.54, 1.807) is 12.1 Å². The van der Waals surface area contributed by atoms with Crippen molar-refractivity contribution in [2.75, 3.05) is 19.6 Å². The minimum Gasteiger partial charge on any atom is -0.391 e. The summed E-state index contributed by atoms with van der Waals surface area (Å²) in [5.41, 5.74) is 0.684. The van der Waals surface area contributed by atoms with Crippen LogP contribution < -0.4 is 10.6 Å². The van der Waals surface area contributed by atoms with Crippen LogP contribution in [0.2, 0.25) is 0 Å². The lowest BCUT2D eigenvalue weighted by Gasteiger charge is -2.14. The van der Waals surface area contributed by atoms with Crippen molar-refractivity contribution in [3.63, 3.8) is 0 Å². The first-order valence-electron chi connectivity index (χ1n) is 7.75. The molecular weight excluding hydrogens is 357 g/mol. The van der Waals surface area contributed by atoms with Crippen molar-refractivity contribution < 1.29 is 18.3 Å². The Morgan fingerprint density at radius 1 is 1.20 bits per heavy atom. The molecule has 9 heteroatoms. The van der Waals surface area contributed by atoms with Crippen molar-refractivity contribution in [2.45, 2.75) is 18.8 Å². The van der Waals surface area contributed by atoms with Gasteiger partial charge in [0.1, 0.15) is 0 Å². The Hall–Kier alpha value is -1.61. The van der Waals surface area contributed by atoms with Gasteiger partial charge in [-0.05, 0) is 23.8 Å². The zero-order chi connectivity index (χ0) is 17.2. The van der Waals surface area contributed by atoms with Gasteiger partial charge in [-0.25, -0.2) is 4.68 Å². The van der Waals surface area contributed by atoms with Gasteiger partial charge in [0, 0.05) is 38.3 Å². The molecule has 0 aliphatic carbocycles. The third-order valence-corrected chi connectivity index (χ3v) is 4.12. The monoisotopic (exact) mass is 376 g/mol. The maximum absolute atomic E-state index is 12.6. The van der Waals surface area contributed by atoms with Crippen LogP contribution in [0.5, 0.6) is 0 Å². The van der Waals surface area contributed by atoms with Crippen LogP contribution in [-0.2, 0) is 12.7 Å². The second-order valence-corrected chi connectivity index (χ2v) is 5.93. The summed E-state index contributed by atoms with van der Waals surface area (Å²) in [4.78, 5) is 0. The zero-order valence-corrected chi connectivity index (χ0v) is 14.1. The Bertz CT molecular complexity index is 675. The normalized spacial score (nSPS) is 20.5. The molecule has 1 fully saturated rings. The summed E-state index contributed by atoms with van der Waals surface area (Å²) in [6, 6.07) is 8.11. The maximum atomic E-state index is 12.6. The average molecular weight is 377 g/mol. The number of aliphatic hydroxyl groups is 1. The van der Waals surface area contributed by atoms with Crippen LogP contribution in [0.15, 0.2) is 36.5 Å². The smallest absolute Gasteiger partial charge is 0.391 e. The molecule has 1 aromatic carbocycles. The highest BCUT2D eigenvalue weighted by atomic mass is 35.5. The molecule has 2 unspecified atom stereocenters. The molecule has 0 amide bonds. The molecule has 5 nitrogen and oxygen atoms in total. The summed E-state index contributed by atoms with van der Waals surface area (Å²) in [7, 11) is 0. The number of rotatable bonds is 5. The standard InChI is InChI=1S/C16H19F3N4O.ClH/c17-16(18,19)15-5-6-23(22-15)13-3-1-11(2-4-13)7-20-8-12-9-21-10-14(12)24;/h1-6,12,14,20-21,24H,7-10H2;1H. The van der Waals surface area contributed by atoms with E-state index < -0.39 is 11.9 Å². The predicted molar refractivity (Wildman–Crippen MR) is 89.9 cm³/mol. The minimum atomic E-state index is -4.44. The van der Waals surface area contributed by atoms with E-state index in [4.69, 9.17) is 0 Å². The highest BCUT2D eigenvalue weighted by molar-refractivity contribution is 5.85. The Balaban J connectivity index is 0.00000225. The third-order valence-electron chi connectivity index (χ3n) is 4.12. The van der Waals surface area contributed by atoms with E-state index >= 15 is 0 Å². The van der Waals surface area contributed by atoms with E-state index in [0.29, 0.717) is 25.3 Å². The van der Waals surface area contributed by atoms with Gasteiger partial charge in [-0.2, -0.15) is 18.3 Å². The molecule has 1 aromatic heterocycles.